The average Bonchev–Trinajstić information content (AvgIpc) is 2.47. The maximum atomic E-state index is 5.70. The summed E-state index contributed by atoms with van der Waals surface area (Å²) in [6.45, 7) is 6.45. The van der Waals surface area contributed by atoms with E-state index in [0.717, 1.165) is 18.4 Å². The molecule has 1 fully saturated rings. The topological polar surface area (TPSA) is 38.0 Å². The van der Waals surface area contributed by atoms with Gasteiger partial charge >= 0.3 is 0 Å². The van der Waals surface area contributed by atoms with E-state index in [1.807, 2.05) is 0 Å². The molecule has 0 saturated heterocycles. The van der Waals surface area contributed by atoms with Gasteiger partial charge in [0.2, 0.25) is 0 Å². The second kappa shape index (κ2) is 4.83. The fourth-order valence-electron chi connectivity index (χ4n) is 2.08. The highest BCUT2D eigenvalue weighted by Crippen LogP contribution is 2.30. The smallest absolute Gasteiger partial charge is 0.00104 e. The van der Waals surface area contributed by atoms with Crippen LogP contribution in [-0.2, 0) is 0 Å². The first-order valence-electron chi connectivity index (χ1n) is 5.17. The summed E-state index contributed by atoms with van der Waals surface area (Å²) in [6.07, 6.45) is 4.11. The zero-order valence-corrected chi connectivity index (χ0v) is 8.34. The van der Waals surface area contributed by atoms with Crippen LogP contribution in [0.4, 0.5) is 0 Å². The Balaban J connectivity index is 2.21. The molecule has 3 N–H and O–H groups in total. The SMILES string of the molecule is CC(C)NCC1CCCC1CN. The fraction of sp³-hybridized carbons (Fsp3) is 1.00. The Labute approximate surface area is 75.9 Å². The van der Waals surface area contributed by atoms with Crippen LogP contribution in [0, 0.1) is 11.8 Å². The van der Waals surface area contributed by atoms with Crippen molar-refractivity contribution in [2.45, 2.75) is 39.2 Å². The van der Waals surface area contributed by atoms with Crippen LogP contribution in [0.3, 0.4) is 0 Å². The third-order valence-corrected chi connectivity index (χ3v) is 2.91. The number of hydrogen-bond acceptors (Lipinski definition) is 2. The van der Waals surface area contributed by atoms with Gasteiger partial charge in [0.25, 0.3) is 0 Å². The predicted octanol–water partition coefficient (Wildman–Crippen LogP) is 1.36. The van der Waals surface area contributed by atoms with Crippen molar-refractivity contribution < 1.29 is 0 Å². The summed E-state index contributed by atoms with van der Waals surface area (Å²) in [7, 11) is 0. The highest BCUT2D eigenvalue weighted by molar-refractivity contribution is 4.79. The van der Waals surface area contributed by atoms with Gasteiger partial charge in [0.1, 0.15) is 0 Å². The minimum atomic E-state index is 0.615. The molecule has 1 aliphatic rings. The Kier molecular flexibility index (Phi) is 4.02. The molecule has 0 radical (unpaired) electrons. The van der Waals surface area contributed by atoms with Gasteiger partial charge in [-0.25, -0.2) is 0 Å². The Bertz CT molecular complexity index is 123. The highest BCUT2D eigenvalue weighted by Gasteiger charge is 2.25. The van der Waals surface area contributed by atoms with E-state index in [-0.39, 0.29) is 0 Å². The summed E-state index contributed by atoms with van der Waals surface area (Å²) in [5, 5.41) is 3.50. The molecule has 1 aliphatic carbocycles. The van der Waals surface area contributed by atoms with Gasteiger partial charge in [0.15, 0.2) is 0 Å². The number of rotatable bonds is 4. The zero-order valence-electron chi connectivity index (χ0n) is 8.34. The molecule has 12 heavy (non-hydrogen) atoms. The van der Waals surface area contributed by atoms with Gasteiger partial charge in [-0.1, -0.05) is 20.3 Å². The molecule has 0 heterocycles. The molecule has 0 aromatic heterocycles. The van der Waals surface area contributed by atoms with E-state index >= 15 is 0 Å². The number of hydrogen-bond donors (Lipinski definition) is 2. The lowest BCUT2D eigenvalue weighted by Crippen LogP contribution is -2.32. The van der Waals surface area contributed by atoms with E-state index in [1.54, 1.807) is 0 Å². The molecule has 0 aromatic rings. The maximum absolute atomic E-state index is 5.70. The van der Waals surface area contributed by atoms with Crippen molar-refractivity contribution in [2.24, 2.45) is 17.6 Å². The highest BCUT2D eigenvalue weighted by atomic mass is 14.9. The Morgan fingerprint density at radius 3 is 2.58 bits per heavy atom. The third kappa shape index (κ3) is 2.76. The average molecular weight is 170 g/mol. The molecule has 0 aromatic carbocycles. The summed E-state index contributed by atoms with van der Waals surface area (Å²) in [4.78, 5) is 0. The second-order valence-corrected chi connectivity index (χ2v) is 4.25. The van der Waals surface area contributed by atoms with E-state index in [9.17, 15) is 0 Å². The molecule has 0 aliphatic heterocycles. The summed E-state index contributed by atoms with van der Waals surface area (Å²) in [5.41, 5.74) is 5.70. The Hall–Kier alpha value is -0.0800. The van der Waals surface area contributed by atoms with Crippen LogP contribution < -0.4 is 11.1 Å². The van der Waals surface area contributed by atoms with E-state index in [4.69, 9.17) is 5.73 Å². The first-order chi connectivity index (χ1) is 5.74. The fourth-order valence-corrected chi connectivity index (χ4v) is 2.08. The van der Waals surface area contributed by atoms with Crippen LogP contribution in [0.25, 0.3) is 0 Å². The zero-order chi connectivity index (χ0) is 8.97. The summed E-state index contributed by atoms with van der Waals surface area (Å²) < 4.78 is 0. The monoisotopic (exact) mass is 170 g/mol. The van der Waals surface area contributed by atoms with Crippen LogP contribution >= 0.6 is 0 Å². The second-order valence-electron chi connectivity index (χ2n) is 4.25. The third-order valence-electron chi connectivity index (χ3n) is 2.91. The van der Waals surface area contributed by atoms with Crippen molar-refractivity contribution in [2.75, 3.05) is 13.1 Å². The lowest BCUT2D eigenvalue weighted by molar-refractivity contribution is 0.362. The van der Waals surface area contributed by atoms with E-state index in [0.29, 0.717) is 6.04 Å². The molecule has 0 amide bonds. The van der Waals surface area contributed by atoms with Crippen LogP contribution in [0.2, 0.25) is 0 Å². The van der Waals surface area contributed by atoms with Crippen LogP contribution in [0.5, 0.6) is 0 Å². The minimum absolute atomic E-state index is 0.615. The van der Waals surface area contributed by atoms with Gasteiger partial charge in [-0.3, -0.25) is 0 Å². The van der Waals surface area contributed by atoms with Crippen molar-refractivity contribution in [1.82, 2.24) is 5.32 Å². The maximum Gasteiger partial charge on any atom is 0.00104 e. The standard InChI is InChI=1S/C10H22N2/c1-8(2)12-7-10-5-3-4-9(10)6-11/h8-10,12H,3-7,11H2,1-2H3. The van der Waals surface area contributed by atoms with Gasteiger partial charge in [-0.15, -0.1) is 0 Å². The van der Waals surface area contributed by atoms with E-state index in [2.05, 4.69) is 19.2 Å². The van der Waals surface area contributed by atoms with Crippen molar-refractivity contribution in [1.29, 1.82) is 0 Å². The molecule has 0 bridgehead atoms. The van der Waals surface area contributed by atoms with Gasteiger partial charge in [0.05, 0.1) is 0 Å². The quantitative estimate of drug-likeness (QED) is 0.668. The molecule has 1 rings (SSSR count). The van der Waals surface area contributed by atoms with E-state index in [1.165, 1.54) is 25.8 Å². The molecular weight excluding hydrogens is 148 g/mol. The van der Waals surface area contributed by atoms with Crippen molar-refractivity contribution in [3.8, 4) is 0 Å². The van der Waals surface area contributed by atoms with Crippen molar-refractivity contribution in [3.63, 3.8) is 0 Å². The van der Waals surface area contributed by atoms with Gasteiger partial charge in [-0.2, -0.15) is 0 Å². The lowest BCUT2D eigenvalue weighted by atomic mass is 9.96. The summed E-state index contributed by atoms with van der Waals surface area (Å²) in [5.74, 6) is 1.63. The van der Waals surface area contributed by atoms with Crippen LogP contribution in [-0.4, -0.2) is 19.1 Å². The molecule has 2 unspecified atom stereocenters. The predicted molar refractivity (Wildman–Crippen MR) is 53.0 cm³/mol. The number of nitrogens with one attached hydrogen (secondary N) is 1. The normalized spacial score (nSPS) is 30.0. The van der Waals surface area contributed by atoms with E-state index < -0.39 is 0 Å². The van der Waals surface area contributed by atoms with Crippen molar-refractivity contribution >= 4 is 0 Å². The molecule has 0 spiro atoms. The van der Waals surface area contributed by atoms with Crippen LogP contribution in [0.1, 0.15) is 33.1 Å². The molecular formula is C10H22N2. The van der Waals surface area contributed by atoms with Crippen LogP contribution in [0.15, 0.2) is 0 Å². The molecule has 72 valence electrons. The van der Waals surface area contributed by atoms with Crippen molar-refractivity contribution in [3.05, 3.63) is 0 Å². The Morgan fingerprint density at radius 2 is 2.00 bits per heavy atom. The first-order valence-corrected chi connectivity index (χ1v) is 5.17. The largest absolute Gasteiger partial charge is 0.330 e. The van der Waals surface area contributed by atoms with Gasteiger partial charge in [-0.05, 0) is 37.8 Å². The minimum Gasteiger partial charge on any atom is -0.330 e. The van der Waals surface area contributed by atoms with Gasteiger partial charge in [0, 0.05) is 6.04 Å². The summed E-state index contributed by atoms with van der Waals surface area (Å²) in [6, 6.07) is 0.615. The van der Waals surface area contributed by atoms with Gasteiger partial charge < -0.3 is 11.1 Å². The molecule has 1 saturated carbocycles. The molecule has 2 nitrogen and oxygen atoms in total. The lowest BCUT2D eigenvalue weighted by Gasteiger charge is -2.19. The first kappa shape index (κ1) is 10.0. The summed E-state index contributed by atoms with van der Waals surface area (Å²) >= 11 is 0. The Morgan fingerprint density at radius 1 is 1.33 bits per heavy atom. The molecule has 2 atom stereocenters. The molecule has 2 heteroatoms. The number of nitrogens with two attached hydrogens (primary N) is 1.